The molecule has 2 aromatic carbocycles. The number of piperidine rings is 1. The monoisotopic (exact) mass is 392 g/mol. The van der Waals surface area contributed by atoms with E-state index in [1.807, 2.05) is 30.0 Å². The van der Waals surface area contributed by atoms with Gasteiger partial charge in [-0.3, -0.25) is 19.3 Å². The number of phenolic OH excluding ortho intramolecular Hbond substituents is 1. The summed E-state index contributed by atoms with van der Waals surface area (Å²) in [7, 11) is 0. The third-order valence-electron chi connectivity index (χ3n) is 5.89. The number of hydrogen-bond acceptors (Lipinski definition) is 4. The van der Waals surface area contributed by atoms with Gasteiger partial charge in [0.2, 0.25) is 5.91 Å². The number of aryl methyl sites for hydroxylation is 1. The van der Waals surface area contributed by atoms with Crippen LogP contribution >= 0.6 is 0 Å². The molecule has 2 heterocycles. The summed E-state index contributed by atoms with van der Waals surface area (Å²) in [5.74, 6) is -0.0259. The van der Waals surface area contributed by atoms with Gasteiger partial charge in [-0.1, -0.05) is 23.8 Å². The summed E-state index contributed by atoms with van der Waals surface area (Å²) < 4.78 is 0. The number of benzene rings is 2. The quantitative estimate of drug-likeness (QED) is 0.811. The molecule has 0 unspecified atom stereocenters. The fourth-order valence-electron chi connectivity index (χ4n) is 4.18. The van der Waals surface area contributed by atoms with E-state index in [1.165, 1.54) is 10.5 Å². The van der Waals surface area contributed by atoms with E-state index in [2.05, 4.69) is 0 Å². The fourth-order valence-corrected chi connectivity index (χ4v) is 4.18. The van der Waals surface area contributed by atoms with Crippen LogP contribution in [0.3, 0.4) is 0 Å². The zero-order valence-electron chi connectivity index (χ0n) is 16.4. The Labute approximate surface area is 169 Å². The molecule has 3 amide bonds. The minimum absolute atomic E-state index is 0.0260. The molecule has 2 aromatic rings. The first-order valence-corrected chi connectivity index (χ1v) is 9.97. The van der Waals surface area contributed by atoms with Crippen molar-refractivity contribution in [3.63, 3.8) is 0 Å². The van der Waals surface area contributed by atoms with Crippen LogP contribution in [0.4, 0.5) is 0 Å². The molecular formula is C23H24N2O4. The average Bonchev–Trinajstić information content (AvgIpc) is 2.96. The molecule has 1 fully saturated rings. The maximum absolute atomic E-state index is 12.6. The first-order chi connectivity index (χ1) is 13.9. The summed E-state index contributed by atoms with van der Waals surface area (Å²) in [5, 5.41) is 9.42. The molecule has 4 rings (SSSR count). The summed E-state index contributed by atoms with van der Waals surface area (Å²) >= 11 is 0. The van der Waals surface area contributed by atoms with Crippen LogP contribution in [0.1, 0.15) is 57.0 Å². The van der Waals surface area contributed by atoms with Crippen molar-refractivity contribution in [3.8, 4) is 5.75 Å². The minimum Gasteiger partial charge on any atom is -0.508 e. The lowest BCUT2D eigenvalue weighted by Gasteiger charge is -2.32. The van der Waals surface area contributed by atoms with Crippen LogP contribution in [0.5, 0.6) is 5.75 Å². The Bertz CT molecular complexity index is 959. The Kier molecular flexibility index (Phi) is 5.09. The number of phenols is 1. The van der Waals surface area contributed by atoms with Gasteiger partial charge >= 0.3 is 0 Å². The van der Waals surface area contributed by atoms with Crippen LogP contribution in [-0.4, -0.2) is 52.3 Å². The van der Waals surface area contributed by atoms with Crippen molar-refractivity contribution in [2.24, 2.45) is 0 Å². The lowest BCUT2D eigenvalue weighted by Crippen LogP contribution is -2.40. The van der Waals surface area contributed by atoms with Crippen LogP contribution in [0.15, 0.2) is 42.5 Å². The Morgan fingerprint density at radius 1 is 1.00 bits per heavy atom. The van der Waals surface area contributed by atoms with Gasteiger partial charge in [0.05, 0.1) is 11.1 Å². The van der Waals surface area contributed by atoms with Crippen molar-refractivity contribution >= 4 is 17.7 Å². The molecule has 0 aliphatic carbocycles. The standard InChI is InChI=1S/C23H24N2O4/c1-15-2-7-19-20(14-15)23(29)25(22(19)28)13-10-21(27)24-11-8-17(9-12-24)16-3-5-18(26)6-4-16/h2-7,14,17,26H,8-13H2,1H3. The first kappa shape index (κ1) is 19.2. The Morgan fingerprint density at radius 3 is 2.34 bits per heavy atom. The molecule has 0 aromatic heterocycles. The van der Waals surface area contributed by atoms with Crippen molar-refractivity contribution in [1.29, 1.82) is 0 Å². The predicted molar refractivity (Wildman–Crippen MR) is 108 cm³/mol. The molecule has 0 radical (unpaired) electrons. The van der Waals surface area contributed by atoms with Crippen LogP contribution in [0.2, 0.25) is 0 Å². The second-order valence-electron chi connectivity index (χ2n) is 7.81. The molecule has 0 bridgehead atoms. The Morgan fingerprint density at radius 2 is 1.66 bits per heavy atom. The van der Waals surface area contributed by atoms with E-state index in [9.17, 15) is 19.5 Å². The number of nitrogens with zero attached hydrogens (tertiary/aromatic N) is 2. The fraction of sp³-hybridized carbons (Fsp3) is 0.348. The Hall–Kier alpha value is -3.15. The summed E-state index contributed by atoms with van der Waals surface area (Å²) in [5.41, 5.74) is 2.95. The summed E-state index contributed by atoms with van der Waals surface area (Å²) in [6.07, 6.45) is 1.87. The van der Waals surface area contributed by atoms with Gasteiger partial charge in [0.1, 0.15) is 5.75 Å². The van der Waals surface area contributed by atoms with E-state index in [-0.39, 0.29) is 36.4 Å². The highest BCUT2D eigenvalue weighted by molar-refractivity contribution is 6.21. The second kappa shape index (κ2) is 7.70. The molecule has 150 valence electrons. The number of aromatic hydroxyl groups is 1. The highest BCUT2D eigenvalue weighted by Gasteiger charge is 2.36. The first-order valence-electron chi connectivity index (χ1n) is 9.97. The number of hydrogen-bond donors (Lipinski definition) is 1. The van der Waals surface area contributed by atoms with Gasteiger partial charge in [0.25, 0.3) is 11.8 Å². The molecule has 2 aliphatic heterocycles. The molecule has 6 nitrogen and oxygen atoms in total. The molecule has 1 saturated heterocycles. The zero-order chi connectivity index (χ0) is 20.5. The van der Waals surface area contributed by atoms with E-state index in [4.69, 9.17) is 0 Å². The smallest absolute Gasteiger partial charge is 0.261 e. The van der Waals surface area contributed by atoms with Gasteiger partial charge in [0, 0.05) is 26.1 Å². The van der Waals surface area contributed by atoms with Gasteiger partial charge in [-0.2, -0.15) is 0 Å². The lowest BCUT2D eigenvalue weighted by molar-refractivity contribution is -0.132. The van der Waals surface area contributed by atoms with E-state index < -0.39 is 0 Å². The SMILES string of the molecule is Cc1ccc2c(c1)C(=O)N(CCC(=O)N1CCC(c3ccc(O)cc3)CC1)C2=O. The maximum atomic E-state index is 12.6. The number of amides is 3. The number of likely N-dealkylation sites (tertiary alicyclic amines) is 1. The summed E-state index contributed by atoms with van der Waals surface area (Å²) in [6, 6.07) is 12.5. The molecular weight excluding hydrogens is 368 g/mol. The molecule has 0 spiro atoms. The van der Waals surface area contributed by atoms with Crippen LogP contribution < -0.4 is 0 Å². The molecule has 29 heavy (non-hydrogen) atoms. The number of carbonyl (C=O) groups excluding carboxylic acids is 3. The van der Waals surface area contributed by atoms with Gasteiger partial charge < -0.3 is 10.0 Å². The van der Waals surface area contributed by atoms with Crippen molar-refractivity contribution < 1.29 is 19.5 Å². The largest absolute Gasteiger partial charge is 0.508 e. The van der Waals surface area contributed by atoms with E-state index in [1.54, 1.807) is 24.3 Å². The third-order valence-corrected chi connectivity index (χ3v) is 5.89. The molecule has 2 aliphatic rings. The van der Waals surface area contributed by atoms with Gasteiger partial charge in [-0.15, -0.1) is 0 Å². The number of imide groups is 1. The van der Waals surface area contributed by atoms with Crippen molar-refractivity contribution in [3.05, 3.63) is 64.7 Å². The van der Waals surface area contributed by atoms with Crippen molar-refractivity contribution in [1.82, 2.24) is 9.80 Å². The average molecular weight is 392 g/mol. The molecule has 0 atom stereocenters. The molecule has 1 N–H and O–H groups in total. The van der Waals surface area contributed by atoms with Crippen LogP contribution in [-0.2, 0) is 4.79 Å². The molecule has 0 saturated carbocycles. The summed E-state index contributed by atoms with van der Waals surface area (Å²) in [4.78, 5) is 40.7. The lowest BCUT2D eigenvalue weighted by atomic mass is 9.89. The van der Waals surface area contributed by atoms with Crippen LogP contribution in [0.25, 0.3) is 0 Å². The van der Waals surface area contributed by atoms with Gasteiger partial charge in [-0.25, -0.2) is 0 Å². The Balaban J connectivity index is 1.31. The normalized spacial score (nSPS) is 17.0. The number of rotatable bonds is 4. The maximum Gasteiger partial charge on any atom is 0.261 e. The summed E-state index contributed by atoms with van der Waals surface area (Å²) in [6.45, 7) is 3.31. The highest BCUT2D eigenvalue weighted by atomic mass is 16.3. The number of carbonyl (C=O) groups is 3. The predicted octanol–water partition coefficient (Wildman–Crippen LogP) is 3.09. The van der Waals surface area contributed by atoms with Gasteiger partial charge in [0.15, 0.2) is 0 Å². The van der Waals surface area contributed by atoms with Crippen molar-refractivity contribution in [2.75, 3.05) is 19.6 Å². The molecule has 6 heteroatoms. The van der Waals surface area contributed by atoms with E-state index in [0.29, 0.717) is 30.1 Å². The van der Waals surface area contributed by atoms with Crippen LogP contribution in [0, 0.1) is 6.92 Å². The second-order valence-corrected chi connectivity index (χ2v) is 7.81. The van der Waals surface area contributed by atoms with Gasteiger partial charge in [-0.05, 0) is 55.5 Å². The number of fused-ring (bicyclic) bond motifs is 1. The highest BCUT2D eigenvalue weighted by Crippen LogP contribution is 2.29. The van der Waals surface area contributed by atoms with E-state index in [0.717, 1.165) is 18.4 Å². The van der Waals surface area contributed by atoms with Crippen molar-refractivity contribution in [2.45, 2.75) is 32.1 Å². The van der Waals surface area contributed by atoms with E-state index >= 15 is 0 Å². The zero-order valence-corrected chi connectivity index (χ0v) is 16.4. The topological polar surface area (TPSA) is 77.9 Å². The third kappa shape index (κ3) is 3.75. The minimum atomic E-state index is -0.316.